The van der Waals surface area contributed by atoms with Crippen LogP contribution in [0.1, 0.15) is 43.1 Å². The van der Waals surface area contributed by atoms with Crippen molar-refractivity contribution < 1.29 is 9.53 Å². The Morgan fingerprint density at radius 3 is 2.96 bits per heavy atom. The number of rotatable bonds is 6. The first-order valence-corrected chi connectivity index (χ1v) is 9.46. The van der Waals surface area contributed by atoms with Crippen LogP contribution in [0, 0.1) is 0 Å². The molecule has 25 heavy (non-hydrogen) atoms. The highest BCUT2D eigenvalue weighted by molar-refractivity contribution is 5.92. The van der Waals surface area contributed by atoms with Gasteiger partial charge in [0.05, 0.1) is 13.2 Å². The number of anilines is 1. The van der Waals surface area contributed by atoms with Crippen LogP contribution in [0.3, 0.4) is 0 Å². The van der Waals surface area contributed by atoms with Crippen LogP contribution in [0.4, 0.5) is 5.95 Å². The number of ether oxygens (including phenoxy) is 1. The van der Waals surface area contributed by atoms with Crippen LogP contribution in [0.25, 0.3) is 0 Å². The molecule has 138 valence electrons. The summed E-state index contributed by atoms with van der Waals surface area (Å²) in [7, 11) is 0. The monoisotopic (exact) mass is 347 g/mol. The van der Waals surface area contributed by atoms with Gasteiger partial charge in [-0.2, -0.15) is 0 Å². The second-order valence-electron chi connectivity index (χ2n) is 6.70. The Morgan fingerprint density at radius 2 is 2.16 bits per heavy atom. The first-order valence-electron chi connectivity index (χ1n) is 9.46. The molecule has 0 spiro atoms. The van der Waals surface area contributed by atoms with E-state index in [1.807, 2.05) is 0 Å². The summed E-state index contributed by atoms with van der Waals surface area (Å²) in [6.07, 6.45) is 6.38. The van der Waals surface area contributed by atoms with E-state index in [4.69, 9.17) is 4.74 Å². The van der Waals surface area contributed by atoms with Crippen LogP contribution in [0.5, 0.6) is 0 Å². The number of carbonyl (C=O) groups is 1. The number of nitrogens with zero attached hydrogens (tertiary/aromatic N) is 4. The first-order chi connectivity index (χ1) is 12.3. The Labute approximate surface area is 149 Å². The fraction of sp³-hybridized carbons (Fsp3) is 0.722. The molecular formula is C18H29N5O2. The zero-order chi connectivity index (χ0) is 17.5. The maximum absolute atomic E-state index is 12.4. The molecule has 2 aliphatic heterocycles. The van der Waals surface area contributed by atoms with E-state index >= 15 is 0 Å². The van der Waals surface area contributed by atoms with E-state index in [0.717, 1.165) is 52.2 Å². The Balaban J connectivity index is 1.55. The molecule has 3 heterocycles. The van der Waals surface area contributed by atoms with Gasteiger partial charge >= 0.3 is 0 Å². The standard InChI is InChI=1S/C18H29N5O2/c1-2-15-5-3-4-9-23(15)18-20-7-6-16(21-18)17(24)19-8-10-22-11-13-25-14-12-22/h6-7,15H,2-5,8-14H2,1H3,(H,19,24). The van der Waals surface area contributed by atoms with E-state index in [1.54, 1.807) is 12.3 Å². The molecule has 1 aromatic rings. The largest absolute Gasteiger partial charge is 0.379 e. The van der Waals surface area contributed by atoms with Gasteiger partial charge in [0, 0.05) is 45.0 Å². The average Bonchev–Trinajstić information content (AvgIpc) is 2.69. The third-order valence-corrected chi connectivity index (χ3v) is 5.05. The van der Waals surface area contributed by atoms with Gasteiger partial charge in [-0.1, -0.05) is 6.92 Å². The molecule has 3 rings (SSSR count). The van der Waals surface area contributed by atoms with Gasteiger partial charge in [-0.25, -0.2) is 9.97 Å². The van der Waals surface area contributed by atoms with Gasteiger partial charge in [0.1, 0.15) is 5.69 Å². The summed E-state index contributed by atoms with van der Waals surface area (Å²) in [5, 5.41) is 2.97. The third-order valence-electron chi connectivity index (χ3n) is 5.05. The van der Waals surface area contributed by atoms with E-state index in [1.165, 1.54) is 12.8 Å². The molecule has 1 aromatic heterocycles. The maximum Gasteiger partial charge on any atom is 0.270 e. The van der Waals surface area contributed by atoms with Crippen molar-refractivity contribution in [1.82, 2.24) is 20.2 Å². The van der Waals surface area contributed by atoms with E-state index in [9.17, 15) is 4.79 Å². The highest BCUT2D eigenvalue weighted by atomic mass is 16.5. The fourth-order valence-electron chi connectivity index (χ4n) is 3.54. The predicted molar refractivity (Wildman–Crippen MR) is 96.9 cm³/mol. The molecule has 7 heteroatoms. The van der Waals surface area contributed by atoms with Crippen molar-refractivity contribution >= 4 is 11.9 Å². The molecule has 0 aliphatic carbocycles. The summed E-state index contributed by atoms with van der Waals surface area (Å²) in [5.41, 5.74) is 0.451. The molecule has 0 bridgehead atoms. The lowest BCUT2D eigenvalue weighted by atomic mass is 10.0. The quantitative estimate of drug-likeness (QED) is 0.837. The van der Waals surface area contributed by atoms with Crippen LogP contribution >= 0.6 is 0 Å². The third kappa shape index (κ3) is 4.89. The Hall–Kier alpha value is -1.73. The Morgan fingerprint density at radius 1 is 1.32 bits per heavy atom. The molecule has 2 saturated heterocycles. The fourth-order valence-corrected chi connectivity index (χ4v) is 3.54. The van der Waals surface area contributed by atoms with Gasteiger partial charge in [-0.3, -0.25) is 9.69 Å². The predicted octanol–water partition coefficient (Wildman–Crippen LogP) is 1.31. The topological polar surface area (TPSA) is 70.6 Å². The minimum absolute atomic E-state index is 0.123. The number of aromatic nitrogens is 2. The van der Waals surface area contributed by atoms with Gasteiger partial charge in [0.2, 0.25) is 5.95 Å². The summed E-state index contributed by atoms with van der Waals surface area (Å²) < 4.78 is 5.33. The van der Waals surface area contributed by atoms with E-state index < -0.39 is 0 Å². The van der Waals surface area contributed by atoms with Crippen LogP contribution < -0.4 is 10.2 Å². The molecule has 1 unspecified atom stereocenters. The summed E-state index contributed by atoms with van der Waals surface area (Å²) in [4.78, 5) is 25.9. The normalized spacial score (nSPS) is 22.0. The second-order valence-corrected chi connectivity index (χ2v) is 6.70. The van der Waals surface area contributed by atoms with E-state index in [-0.39, 0.29) is 5.91 Å². The van der Waals surface area contributed by atoms with Crippen LogP contribution in [-0.2, 0) is 4.74 Å². The summed E-state index contributed by atoms with van der Waals surface area (Å²) >= 11 is 0. The van der Waals surface area contributed by atoms with Gasteiger partial charge < -0.3 is 15.0 Å². The van der Waals surface area contributed by atoms with Crippen LogP contribution in [0.2, 0.25) is 0 Å². The number of nitrogens with one attached hydrogen (secondary N) is 1. The molecule has 7 nitrogen and oxygen atoms in total. The molecule has 2 aliphatic rings. The number of carbonyl (C=O) groups excluding carboxylic acids is 1. The molecule has 0 radical (unpaired) electrons. The highest BCUT2D eigenvalue weighted by Crippen LogP contribution is 2.23. The van der Waals surface area contributed by atoms with Crippen molar-refractivity contribution in [2.24, 2.45) is 0 Å². The van der Waals surface area contributed by atoms with Crippen LogP contribution in [0.15, 0.2) is 12.3 Å². The minimum atomic E-state index is -0.123. The van der Waals surface area contributed by atoms with Crippen molar-refractivity contribution in [3.63, 3.8) is 0 Å². The first kappa shape index (κ1) is 18.1. The molecule has 2 fully saturated rings. The number of amides is 1. The van der Waals surface area contributed by atoms with Crippen molar-refractivity contribution in [2.45, 2.75) is 38.6 Å². The molecule has 0 aromatic carbocycles. The van der Waals surface area contributed by atoms with Crippen molar-refractivity contribution in [3.8, 4) is 0 Å². The number of piperidine rings is 1. The molecule has 1 atom stereocenters. The summed E-state index contributed by atoms with van der Waals surface area (Å²) in [5.74, 6) is 0.564. The van der Waals surface area contributed by atoms with E-state index in [0.29, 0.717) is 24.2 Å². The number of morpholine rings is 1. The molecule has 0 saturated carbocycles. The average molecular weight is 347 g/mol. The summed E-state index contributed by atoms with van der Waals surface area (Å²) in [6, 6.07) is 2.17. The zero-order valence-corrected chi connectivity index (χ0v) is 15.1. The van der Waals surface area contributed by atoms with Gasteiger partial charge in [-0.05, 0) is 31.7 Å². The van der Waals surface area contributed by atoms with Crippen molar-refractivity contribution in [3.05, 3.63) is 18.0 Å². The second kappa shape index (κ2) is 9.10. The minimum Gasteiger partial charge on any atom is -0.379 e. The molecular weight excluding hydrogens is 318 g/mol. The highest BCUT2D eigenvalue weighted by Gasteiger charge is 2.23. The summed E-state index contributed by atoms with van der Waals surface area (Å²) in [6.45, 7) is 8.05. The Kier molecular flexibility index (Phi) is 6.58. The maximum atomic E-state index is 12.4. The van der Waals surface area contributed by atoms with Gasteiger partial charge in [0.25, 0.3) is 5.91 Å². The van der Waals surface area contributed by atoms with Crippen molar-refractivity contribution in [1.29, 1.82) is 0 Å². The number of hydrogen-bond donors (Lipinski definition) is 1. The zero-order valence-electron chi connectivity index (χ0n) is 15.1. The lowest BCUT2D eigenvalue weighted by Gasteiger charge is -2.35. The lowest BCUT2D eigenvalue weighted by Crippen LogP contribution is -2.42. The van der Waals surface area contributed by atoms with Gasteiger partial charge in [0.15, 0.2) is 0 Å². The van der Waals surface area contributed by atoms with Crippen LogP contribution in [-0.4, -0.2) is 72.8 Å². The van der Waals surface area contributed by atoms with Gasteiger partial charge in [-0.15, -0.1) is 0 Å². The lowest BCUT2D eigenvalue weighted by molar-refractivity contribution is 0.0383. The number of hydrogen-bond acceptors (Lipinski definition) is 6. The van der Waals surface area contributed by atoms with Crippen molar-refractivity contribution in [2.75, 3.05) is 50.8 Å². The Bertz CT molecular complexity index is 562. The van der Waals surface area contributed by atoms with E-state index in [2.05, 4.69) is 32.0 Å². The molecule has 1 amide bonds. The smallest absolute Gasteiger partial charge is 0.270 e. The molecule has 1 N–H and O–H groups in total. The SMILES string of the molecule is CCC1CCCCN1c1nccc(C(=O)NCCN2CCOCC2)n1.